The number of carbonyl (C=O) groups excluding carboxylic acids is 2. The highest BCUT2D eigenvalue weighted by molar-refractivity contribution is 9.10. The smallest absolute Gasteiger partial charge is 0.326 e. The summed E-state index contributed by atoms with van der Waals surface area (Å²) in [6.45, 7) is 0.0884. The molecule has 0 radical (unpaired) electrons. The van der Waals surface area contributed by atoms with Crippen molar-refractivity contribution in [1.82, 2.24) is 4.90 Å². The van der Waals surface area contributed by atoms with Crippen LogP contribution in [0, 0.1) is 0 Å². The third-order valence-electron chi connectivity index (χ3n) is 2.96. The summed E-state index contributed by atoms with van der Waals surface area (Å²) in [5.74, 6) is 0.145. The molecule has 108 valence electrons. The molecule has 1 amide bonds. The Morgan fingerprint density at radius 1 is 1.40 bits per heavy atom. The predicted octanol–water partition coefficient (Wildman–Crippen LogP) is 1.60. The van der Waals surface area contributed by atoms with E-state index in [1.165, 1.54) is 4.90 Å². The third kappa shape index (κ3) is 3.27. The van der Waals surface area contributed by atoms with Crippen molar-refractivity contribution < 1.29 is 19.1 Å². The topological polar surface area (TPSA) is 55.8 Å². The zero-order valence-electron chi connectivity index (χ0n) is 10.8. The SMILES string of the molecule is COc1ccc(COC(=O)CN2C(=O)C(Br)C2S)cc1. The fourth-order valence-electron chi connectivity index (χ4n) is 1.73. The highest BCUT2D eigenvalue weighted by Gasteiger charge is 2.44. The monoisotopic (exact) mass is 359 g/mol. The van der Waals surface area contributed by atoms with E-state index in [1.54, 1.807) is 19.2 Å². The number of amides is 1. The number of methoxy groups -OCH3 is 1. The Balaban J connectivity index is 1.79. The maximum Gasteiger partial charge on any atom is 0.326 e. The maximum atomic E-state index is 11.7. The lowest BCUT2D eigenvalue weighted by Crippen LogP contribution is -2.60. The standard InChI is InChI=1S/C13H14BrNO4S/c1-18-9-4-2-8(3-5-9)7-19-10(16)6-15-12(17)11(14)13(15)20/h2-5,11,13,20H,6-7H2,1H3. The van der Waals surface area contributed by atoms with Crippen molar-refractivity contribution in [3.05, 3.63) is 29.8 Å². The second-order valence-corrected chi connectivity index (χ2v) is 5.81. The van der Waals surface area contributed by atoms with Gasteiger partial charge in [0.25, 0.3) is 0 Å². The van der Waals surface area contributed by atoms with E-state index in [-0.39, 0.29) is 29.3 Å². The predicted molar refractivity (Wildman–Crippen MR) is 80.0 cm³/mol. The molecule has 0 aromatic heterocycles. The molecule has 0 N–H and O–H groups in total. The molecule has 1 aromatic carbocycles. The molecule has 7 heteroatoms. The normalized spacial score (nSPS) is 21.4. The molecule has 1 aromatic rings. The van der Waals surface area contributed by atoms with E-state index in [0.29, 0.717) is 0 Å². The molecule has 1 aliphatic rings. The summed E-state index contributed by atoms with van der Waals surface area (Å²) in [5.41, 5.74) is 0.856. The van der Waals surface area contributed by atoms with Crippen molar-refractivity contribution >= 4 is 40.4 Å². The molecule has 0 aliphatic carbocycles. The second kappa shape index (κ2) is 6.49. The van der Waals surface area contributed by atoms with Crippen LogP contribution in [0.1, 0.15) is 5.56 Å². The average Bonchev–Trinajstić information content (AvgIpc) is 2.49. The van der Waals surface area contributed by atoms with Gasteiger partial charge in [0.15, 0.2) is 0 Å². The second-order valence-electron chi connectivity index (χ2n) is 4.29. The van der Waals surface area contributed by atoms with E-state index < -0.39 is 5.97 Å². The van der Waals surface area contributed by atoms with Crippen LogP contribution in [0.25, 0.3) is 0 Å². The van der Waals surface area contributed by atoms with E-state index in [0.717, 1.165) is 11.3 Å². The lowest BCUT2D eigenvalue weighted by atomic mass is 10.2. The molecule has 20 heavy (non-hydrogen) atoms. The van der Waals surface area contributed by atoms with Gasteiger partial charge in [0, 0.05) is 0 Å². The first-order valence-corrected chi connectivity index (χ1v) is 7.37. The van der Waals surface area contributed by atoms with E-state index in [2.05, 4.69) is 28.6 Å². The molecule has 0 saturated carbocycles. The Morgan fingerprint density at radius 2 is 2.05 bits per heavy atom. The molecule has 2 atom stereocenters. The number of ether oxygens (including phenoxy) is 2. The third-order valence-corrected chi connectivity index (χ3v) is 4.84. The number of esters is 1. The Hall–Kier alpha value is -1.21. The lowest BCUT2D eigenvalue weighted by Gasteiger charge is -2.40. The van der Waals surface area contributed by atoms with Gasteiger partial charge in [-0.2, -0.15) is 12.6 Å². The van der Waals surface area contributed by atoms with Crippen LogP contribution in [-0.2, 0) is 20.9 Å². The zero-order chi connectivity index (χ0) is 14.7. The molecule has 1 fully saturated rings. The molecular formula is C13H14BrNO4S. The van der Waals surface area contributed by atoms with Crippen LogP contribution >= 0.6 is 28.6 Å². The van der Waals surface area contributed by atoms with Gasteiger partial charge in [-0.05, 0) is 17.7 Å². The van der Waals surface area contributed by atoms with Gasteiger partial charge < -0.3 is 14.4 Å². The minimum Gasteiger partial charge on any atom is -0.497 e. The van der Waals surface area contributed by atoms with Gasteiger partial charge in [-0.3, -0.25) is 9.59 Å². The van der Waals surface area contributed by atoms with Crippen LogP contribution in [0.5, 0.6) is 5.75 Å². The summed E-state index contributed by atoms with van der Waals surface area (Å²) >= 11 is 7.38. The first-order valence-electron chi connectivity index (χ1n) is 5.94. The van der Waals surface area contributed by atoms with Crippen molar-refractivity contribution in [2.75, 3.05) is 13.7 Å². The summed E-state index contributed by atoms with van der Waals surface area (Å²) < 4.78 is 10.2. The number of carbonyl (C=O) groups is 2. The number of nitrogens with zero attached hydrogens (tertiary/aromatic N) is 1. The van der Waals surface area contributed by atoms with Gasteiger partial charge in [0.2, 0.25) is 5.91 Å². The van der Waals surface area contributed by atoms with Crippen LogP contribution in [0.2, 0.25) is 0 Å². The molecule has 1 aliphatic heterocycles. The number of alkyl halides is 1. The Labute approximate surface area is 130 Å². The number of thiol groups is 1. The molecule has 5 nitrogen and oxygen atoms in total. The minimum atomic E-state index is -0.451. The molecule has 1 saturated heterocycles. The number of halogens is 1. The van der Waals surface area contributed by atoms with Crippen molar-refractivity contribution in [3.63, 3.8) is 0 Å². The van der Waals surface area contributed by atoms with Crippen LogP contribution < -0.4 is 4.74 Å². The molecule has 1 heterocycles. The van der Waals surface area contributed by atoms with Gasteiger partial charge in [0.05, 0.1) is 12.5 Å². The van der Waals surface area contributed by atoms with Crippen LogP contribution in [0.15, 0.2) is 24.3 Å². The fourth-order valence-corrected chi connectivity index (χ4v) is 2.61. The maximum absolute atomic E-state index is 11.7. The number of likely N-dealkylation sites (tertiary alicyclic amines) is 1. The first kappa shape index (κ1) is 15.2. The summed E-state index contributed by atoms with van der Waals surface area (Å²) in [5, 5.41) is -0.281. The van der Waals surface area contributed by atoms with Crippen LogP contribution in [0.3, 0.4) is 0 Å². The number of hydrogen-bond acceptors (Lipinski definition) is 5. The Morgan fingerprint density at radius 3 is 2.60 bits per heavy atom. The van der Waals surface area contributed by atoms with Gasteiger partial charge in [-0.1, -0.05) is 28.1 Å². The van der Waals surface area contributed by atoms with Crippen molar-refractivity contribution in [3.8, 4) is 5.75 Å². The minimum absolute atomic E-state index is 0.0781. The lowest BCUT2D eigenvalue weighted by molar-refractivity contribution is -0.154. The van der Waals surface area contributed by atoms with Crippen LogP contribution in [-0.4, -0.2) is 40.6 Å². The van der Waals surface area contributed by atoms with Crippen molar-refractivity contribution in [1.29, 1.82) is 0 Å². The number of β-lactam (4-membered cyclic amide) rings is 1. The summed E-state index contributed by atoms with van der Waals surface area (Å²) in [6, 6.07) is 7.22. The summed E-state index contributed by atoms with van der Waals surface area (Å²) in [6.07, 6.45) is 0. The number of benzene rings is 1. The number of hydrogen-bond donors (Lipinski definition) is 1. The van der Waals surface area contributed by atoms with Gasteiger partial charge in [-0.15, -0.1) is 0 Å². The first-order chi connectivity index (χ1) is 9.52. The summed E-state index contributed by atoms with van der Waals surface area (Å²) in [7, 11) is 1.59. The van der Waals surface area contributed by atoms with E-state index in [9.17, 15) is 9.59 Å². The zero-order valence-corrected chi connectivity index (χ0v) is 13.3. The quantitative estimate of drug-likeness (QED) is 0.375. The van der Waals surface area contributed by atoms with Gasteiger partial charge >= 0.3 is 5.97 Å². The van der Waals surface area contributed by atoms with E-state index >= 15 is 0 Å². The average molecular weight is 360 g/mol. The molecule has 2 unspecified atom stereocenters. The van der Waals surface area contributed by atoms with Crippen molar-refractivity contribution in [2.45, 2.75) is 16.8 Å². The van der Waals surface area contributed by atoms with Crippen LogP contribution in [0.4, 0.5) is 0 Å². The molecule has 2 rings (SSSR count). The largest absolute Gasteiger partial charge is 0.497 e. The Kier molecular flexibility index (Phi) is 4.93. The van der Waals surface area contributed by atoms with E-state index in [1.807, 2.05) is 12.1 Å². The highest BCUT2D eigenvalue weighted by Crippen LogP contribution is 2.29. The van der Waals surface area contributed by atoms with Gasteiger partial charge in [0.1, 0.15) is 23.7 Å². The highest BCUT2D eigenvalue weighted by atomic mass is 79.9. The number of rotatable bonds is 5. The molecule has 0 spiro atoms. The molecular weight excluding hydrogens is 346 g/mol. The molecule has 0 bridgehead atoms. The Bertz CT molecular complexity index is 508. The van der Waals surface area contributed by atoms with Crippen molar-refractivity contribution in [2.24, 2.45) is 0 Å². The summed E-state index contributed by atoms with van der Waals surface area (Å²) in [4.78, 5) is 24.2. The fraction of sp³-hybridized carbons (Fsp3) is 0.385. The van der Waals surface area contributed by atoms with E-state index in [4.69, 9.17) is 9.47 Å². The van der Waals surface area contributed by atoms with Gasteiger partial charge in [-0.25, -0.2) is 0 Å².